The lowest BCUT2D eigenvalue weighted by Gasteiger charge is -2.33. The van der Waals surface area contributed by atoms with E-state index in [-0.39, 0.29) is 19.6 Å². The fourth-order valence-electron chi connectivity index (χ4n) is 3.71. The number of carbonyl (C=O) groups is 3. The molecule has 0 radical (unpaired) electrons. The second-order valence-corrected chi connectivity index (χ2v) is 8.23. The minimum Gasteiger partial charge on any atom is -0.480 e. The first-order valence-corrected chi connectivity index (χ1v) is 11.1. The molecule has 1 fully saturated rings. The van der Waals surface area contributed by atoms with Gasteiger partial charge >= 0.3 is 17.9 Å². The molecular formula is C21H31N5O6S. The molecule has 33 heavy (non-hydrogen) atoms. The van der Waals surface area contributed by atoms with Crippen molar-refractivity contribution in [2.24, 2.45) is 4.36 Å². The molecule has 1 aliphatic rings. The Morgan fingerprint density at radius 1 is 0.667 bits per heavy atom. The summed E-state index contributed by atoms with van der Waals surface area (Å²) >= 11 is 4.71. The second-order valence-electron chi connectivity index (χ2n) is 8.04. The Morgan fingerprint density at radius 3 is 1.30 bits per heavy atom. The van der Waals surface area contributed by atoms with Crippen molar-refractivity contribution in [2.45, 2.75) is 6.54 Å². The fraction of sp³-hybridized carbons (Fsp3) is 0.571. The van der Waals surface area contributed by atoms with Gasteiger partial charge in [-0.15, -0.1) is 0 Å². The topological polar surface area (TPSA) is 137 Å². The highest BCUT2D eigenvalue weighted by Gasteiger charge is 2.20. The van der Waals surface area contributed by atoms with Gasteiger partial charge in [-0.2, -0.15) is 4.36 Å². The van der Waals surface area contributed by atoms with Crippen molar-refractivity contribution in [3.05, 3.63) is 29.8 Å². The molecule has 1 aromatic carbocycles. The molecule has 0 atom stereocenters. The quantitative estimate of drug-likeness (QED) is 0.440. The molecule has 1 heterocycles. The van der Waals surface area contributed by atoms with E-state index < -0.39 is 17.9 Å². The van der Waals surface area contributed by atoms with Crippen molar-refractivity contribution >= 4 is 36.0 Å². The molecule has 0 aliphatic carbocycles. The van der Waals surface area contributed by atoms with Gasteiger partial charge < -0.3 is 15.3 Å². The molecule has 0 amide bonds. The number of carboxylic acids is 3. The summed E-state index contributed by atoms with van der Waals surface area (Å²) in [5, 5.41) is 27.8. The maximum absolute atomic E-state index is 11.3. The van der Waals surface area contributed by atoms with Crippen LogP contribution in [0.15, 0.2) is 28.6 Å². The van der Waals surface area contributed by atoms with Crippen LogP contribution in [0.2, 0.25) is 0 Å². The minimum atomic E-state index is -0.974. The number of benzene rings is 1. The molecule has 0 spiro atoms. The smallest absolute Gasteiger partial charge is 0.317 e. The van der Waals surface area contributed by atoms with Crippen LogP contribution in [0, 0.1) is 0 Å². The molecule has 1 aliphatic heterocycles. The van der Waals surface area contributed by atoms with Crippen LogP contribution in [0.1, 0.15) is 5.56 Å². The average Bonchev–Trinajstić information content (AvgIpc) is 2.75. The summed E-state index contributed by atoms with van der Waals surface area (Å²) in [4.78, 5) is 41.4. The van der Waals surface area contributed by atoms with Crippen molar-refractivity contribution in [3.63, 3.8) is 0 Å². The van der Waals surface area contributed by atoms with Gasteiger partial charge in [-0.25, -0.2) is 0 Å². The third kappa shape index (κ3) is 10.8. The zero-order valence-corrected chi connectivity index (χ0v) is 19.3. The monoisotopic (exact) mass is 481 g/mol. The summed E-state index contributed by atoms with van der Waals surface area (Å²) in [7, 11) is 0. The molecule has 1 saturated heterocycles. The van der Waals surface area contributed by atoms with E-state index in [0.29, 0.717) is 64.6 Å². The van der Waals surface area contributed by atoms with Crippen LogP contribution in [-0.2, 0) is 33.4 Å². The van der Waals surface area contributed by atoms with Crippen LogP contribution in [0.4, 0.5) is 5.69 Å². The lowest BCUT2D eigenvalue weighted by molar-refractivity contribution is -0.140. The van der Waals surface area contributed by atoms with E-state index in [1.165, 1.54) is 0 Å². The third-order valence-electron chi connectivity index (χ3n) is 5.45. The molecule has 1 aromatic rings. The summed E-state index contributed by atoms with van der Waals surface area (Å²) in [5.74, 6) is -2.85. The molecule has 3 N–H and O–H groups in total. The predicted octanol–water partition coefficient (Wildman–Crippen LogP) is 0.0240. The van der Waals surface area contributed by atoms with Crippen molar-refractivity contribution in [3.8, 4) is 0 Å². The predicted molar refractivity (Wildman–Crippen MR) is 123 cm³/mol. The maximum Gasteiger partial charge on any atom is 0.317 e. The standard InChI is InChI=1S/C21H31N5O6S/c27-19(28)14-24-7-5-23(13-17-1-3-18(22-33)4-2-17)6-8-25(15-20(29)30)10-12-26(11-9-24)16-21(31)32/h1-4H,5-16H2,(H,27,28)(H,29,30)(H,31,32). The van der Waals surface area contributed by atoms with Gasteiger partial charge in [0.15, 0.2) is 0 Å². The van der Waals surface area contributed by atoms with Gasteiger partial charge in [0.25, 0.3) is 0 Å². The first-order valence-electron chi connectivity index (χ1n) is 10.7. The zero-order chi connectivity index (χ0) is 24.2. The summed E-state index contributed by atoms with van der Waals surface area (Å²) in [6.45, 7) is 3.90. The fourth-order valence-corrected chi connectivity index (χ4v) is 3.83. The van der Waals surface area contributed by atoms with Crippen LogP contribution < -0.4 is 0 Å². The van der Waals surface area contributed by atoms with Crippen LogP contribution >= 0.6 is 0 Å². The van der Waals surface area contributed by atoms with Crippen LogP contribution in [0.5, 0.6) is 0 Å². The summed E-state index contributed by atoms with van der Waals surface area (Å²) < 4.78 is 3.73. The molecule has 0 bridgehead atoms. The second kappa shape index (κ2) is 13.9. The SMILES string of the molecule is O=C(O)CN1CCN(CC(=O)O)CCN(Cc2ccc(N=S)cc2)CCN(CC(=O)O)CC1. The number of carboxylic acid groups (broad SMARTS) is 3. The normalized spacial score (nSPS) is 18.2. The van der Waals surface area contributed by atoms with Crippen molar-refractivity contribution in [1.29, 1.82) is 0 Å². The van der Waals surface area contributed by atoms with Gasteiger partial charge in [0, 0.05) is 71.3 Å². The number of nitrogens with zero attached hydrogens (tertiary/aromatic N) is 5. The van der Waals surface area contributed by atoms with E-state index in [1.54, 1.807) is 14.7 Å². The summed E-state index contributed by atoms with van der Waals surface area (Å²) in [6.07, 6.45) is 0. The molecule has 12 heteroatoms. The Balaban J connectivity index is 2.16. The Bertz CT molecular complexity index is 777. The molecule has 11 nitrogen and oxygen atoms in total. The lowest BCUT2D eigenvalue weighted by Crippen LogP contribution is -2.48. The number of hydrogen-bond acceptors (Lipinski definition) is 9. The van der Waals surface area contributed by atoms with Gasteiger partial charge in [-0.1, -0.05) is 12.1 Å². The van der Waals surface area contributed by atoms with Crippen LogP contribution in [0.25, 0.3) is 0 Å². The van der Waals surface area contributed by atoms with Gasteiger partial charge in [-0.3, -0.25) is 34.0 Å². The lowest BCUT2D eigenvalue weighted by atomic mass is 10.2. The largest absolute Gasteiger partial charge is 0.480 e. The Labute approximate surface area is 198 Å². The van der Waals surface area contributed by atoms with Gasteiger partial charge in [-0.05, 0) is 17.7 Å². The first kappa shape index (κ1) is 26.7. The van der Waals surface area contributed by atoms with E-state index in [0.717, 1.165) is 5.56 Å². The first-order chi connectivity index (χ1) is 15.7. The Hall–Kier alpha value is -2.51. The zero-order valence-electron chi connectivity index (χ0n) is 18.5. The summed E-state index contributed by atoms with van der Waals surface area (Å²) in [6, 6.07) is 7.55. The highest BCUT2D eigenvalue weighted by atomic mass is 32.1. The molecular weight excluding hydrogens is 450 g/mol. The maximum atomic E-state index is 11.3. The van der Waals surface area contributed by atoms with Crippen molar-refractivity contribution in [1.82, 2.24) is 19.6 Å². The van der Waals surface area contributed by atoms with Gasteiger partial charge in [0.1, 0.15) is 0 Å². The highest BCUT2D eigenvalue weighted by Crippen LogP contribution is 2.14. The Kier molecular flexibility index (Phi) is 11.3. The van der Waals surface area contributed by atoms with E-state index in [9.17, 15) is 29.7 Å². The van der Waals surface area contributed by atoms with Crippen molar-refractivity contribution < 1.29 is 29.7 Å². The third-order valence-corrected chi connectivity index (χ3v) is 5.67. The summed E-state index contributed by atoms with van der Waals surface area (Å²) in [5.41, 5.74) is 1.75. The Morgan fingerprint density at radius 2 is 1.00 bits per heavy atom. The average molecular weight is 482 g/mol. The molecule has 2 rings (SSSR count). The van der Waals surface area contributed by atoms with Gasteiger partial charge in [0.05, 0.1) is 25.3 Å². The minimum absolute atomic E-state index is 0.130. The number of aliphatic carboxylic acids is 3. The van der Waals surface area contributed by atoms with E-state index in [2.05, 4.69) is 9.26 Å². The number of hydrogen-bond donors (Lipinski definition) is 3. The highest BCUT2D eigenvalue weighted by molar-refractivity contribution is 7.47. The molecule has 182 valence electrons. The van der Waals surface area contributed by atoms with Crippen molar-refractivity contribution in [2.75, 3.05) is 72.0 Å². The van der Waals surface area contributed by atoms with Crippen LogP contribution in [-0.4, -0.2) is 125 Å². The van der Waals surface area contributed by atoms with E-state index in [4.69, 9.17) is 12.4 Å². The van der Waals surface area contributed by atoms with Gasteiger partial charge in [0.2, 0.25) is 0 Å². The number of rotatable bonds is 9. The molecule has 0 unspecified atom stereocenters. The van der Waals surface area contributed by atoms with E-state index >= 15 is 0 Å². The van der Waals surface area contributed by atoms with E-state index in [1.807, 2.05) is 24.3 Å². The van der Waals surface area contributed by atoms with Crippen LogP contribution in [0.3, 0.4) is 0 Å². The molecule has 0 aromatic heterocycles. The molecule has 0 saturated carbocycles.